The van der Waals surface area contributed by atoms with E-state index in [1.54, 1.807) is 6.08 Å². The summed E-state index contributed by atoms with van der Waals surface area (Å²) >= 11 is 0. The van der Waals surface area contributed by atoms with Crippen LogP contribution in [0.15, 0.2) is 24.3 Å². The lowest BCUT2D eigenvalue weighted by Gasteiger charge is -1.94. The summed E-state index contributed by atoms with van der Waals surface area (Å²) in [6.45, 7) is 2.25. The molecule has 0 bridgehead atoms. The summed E-state index contributed by atoms with van der Waals surface area (Å²) in [6.07, 6.45) is 23.8. The maximum Gasteiger partial charge on any atom is -0.0162 e. The Kier molecular flexibility index (Phi) is 12.2. The summed E-state index contributed by atoms with van der Waals surface area (Å²) in [5.41, 5.74) is 0. The first-order valence-electron chi connectivity index (χ1n) is 6.18. The average Bonchev–Trinajstić information content (AvgIpc) is 2.26. The van der Waals surface area contributed by atoms with E-state index >= 15 is 0 Å². The lowest BCUT2D eigenvalue weighted by Crippen LogP contribution is -1.74. The first-order chi connectivity index (χ1) is 7.41. The monoisotopic (exact) mass is 204 g/mol. The summed E-state index contributed by atoms with van der Waals surface area (Å²) in [6, 6.07) is 0. The Balaban J connectivity index is 3.11. The third-order valence-electron chi connectivity index (χ3n) is 2.35. The molecular formula is C15H24. The van der Waals surface area contributed by atoms with Crippen LogP contribution < -0.4 is 0 Å². The molecule has 0 amide bonds. The number of hydrogen-bond acceptors (Lipinski definition) is 0. The van der Waals surface area contributed by atoms with Crippen LogP contribution in [0.1, 0.15) is 58.3 Å². The maximum absolute atomic E-state index is 5.10. The minimum absolute atomic E-state index is 1.10. The Morgan fingerprint density at radius 3 is 2.20 bits per heavy atom. The van der Waals surface area contributed by atoms with Crippen LogP contribution in [0, 0.1) is 12.3 Å². The van der Waals surface area contributed by atoms with Crippen LogP contribution in [0.4, 0.5) is 0 Å². The van der Waals surface area contributed by atoms with E-state index in [-0.39, 0.29) is 0 Å². The van der Waals surface area contributed by atoms with Crippen molar-refractivity contribution in [3.8, 4) is 12.3 Å². The molecule has 0 aliphatic rings. The highest BCUT2D eigenvalue weighted by Crippen LogP contribution is 2.04. The third kappa shape index (κ3) is 13.0. The molecule has 0 spiro atoms. The lowest BCUT2D eigenvalue weighted by molar-refractivity contribution is 0.673. The Morgan fingerprint density at radius 2 is 1.53 bits per heavy atom. The Hall–Kier alpha value is -0.960. The molecule has 0 N–H and O–H groups in total. The smallest absolute Gasteiger partial charge is 0.0162 e. The van der Waals surface area contributed by atoms with Gasteiger partial charge in [-0.1, -0.05) is 50.3 Å². The van der Waals surface area contributed by atoms with Crippen LogP contribution >= 0.6 is 0 Å². The topological polar surface area (TPSA) is 0 Å². The van der Waals surface area contributed by atoms with Gasteiger partial charge in [-0.15, -0.1) is 6.42 Å². The van der Waals surface area contributed by atoms with E-state index in [4.69, 9.17) is 6.42 Å². The van der Waals surface area contributed by atoms with Gasteiger partial charge in [0.15, 0.2) is 0 Å². The van der Waals surface area contributed by atoms with Crippen LogP contribution in [0.5, 0.6) is 0 Å². The fourth-order valence-electron chi connectivity index (χ4n) is 1.43. The standard InChI is InChI=1S/C15H24/c1-3-5-7-9-11-13-15-14-12-10-8-6-4-2/h1,5,7,14-15H,4,6,8-13H2,2H3/b7-5+,15-14-. The van der Waals surface area contributed by atoms with Gasteiger partial charge in [0.2, 0.25) is 0 Å². The highest BCUT2D eigenvalue weighted by Gasteiger charge is 1.84. The summed E-state index contributed by atoms with van der Waals surface area (Å²) < 4.78 is 0. The number of allylic oxidation sites excluding steroid dienone is 4. The van der Waals surface area contributed by atoms with Crippen molar-refractivity contribution in [1.82, 2.24) is 0 Å². The highest BCUT2D eigenvalue weighted by atomic mass is 13.9. The zero-order valence-electron chi connectivity index (χ0n) is 10.0. The predicted octanol–water partition coefficient (Wildman–Crippen LogP) is 4.87. The van der Waals surface area contributed by atoms with Gasteiger partial charge < -0.3 is 0 Å². The van der Waals surface area contributed by atoms with Gasteiger partial charge in [-0.3, -0.25) is 0 Å². The number of rotatable bonds is 9. The zero-order chi connectivity index (χ0) is 11.2. The number of terminal acetylenes is 1. The molecule has 84 valence electrons. The van der Waals surface area contributed by atoms with Crippen LogP contribution in [-0.2, 0) is 0 Å². The maximum atomic E-state index is 5.10. The lowest BCUT2D eigenvalue weighted by atomic mass is 10.1. The van der Waals surface area contributed by atoms with Crippen molar-refractivity contribution in [2.45, 2.75) is 58.3 Å². The van der Waals surface area contributed by atoms with Crippen molar-refractivity contribution in [3.63, 3.8) is 0 Å². The molecule has 0 radical (unpaired) electrons. The van der Waals surface area contributed by atoms with E-state index in [1.165, 1.54) is 44.9 Å². The molecule has 0 saturated heterocycles. The summed E-state index contributed by atoms with van der Waals surface area (Å²) in [5, 5.41) is 0. The van der Waals surface area contributed by atoms with Gasteiger partial charge in [-0.25, -0.2) is 0 Å². The molecule has 0 aromatic carbocycles. The Morgan fingerprint density at radius 1 is 0.867 bits per heavy atom. The van der Waals surface area contributed by atoms with Crippen molar-refractivity contribution < 1.29 is 0 Å². The zero-order valence-corrected chi connectivity index (χ0v) is 10.0. The van der Waals surface area contributed by atoms with Crippen molar-refractivity contribution in [3.05, 3.63) is 24.3 Å². The summed E-state index contributed by atoms with van der Waals surface area (Å²) in [4.78, 5) is 0. The van der Waals surface area contributed by atoms with Gasteiger partial charge in [0, 0.05) is 0 Å². The number of unbranched alkanes of at least 4 members (excludes halogenated alkanes) is 6. The fourth-order valence-corrected chi connectivity index (χ4v) is 1.43. The van der Waals surface area contributed by atoms with Gasteiger partial charge in [-0.05, 0) is 38.2 Å². The van der Waals surface area contributed by atoms with Crippen molar-refractivity contribution in [1.29, 1.82) is 0 Å². The van der Waals surface area contributed by atoms with Gasteiger partial charge in [-0.2, -0.15) is 0 Å². The molecular weight excluding hydrogens is 180 g/mol. The van der Waals surface area contributed by atoms with Crippen LogP contribution in [0.25, 0.3) is 0 Å². The van der Waals surface area contributed by atoms with Crippen molar-refractivity contribution >= 4 is 0 Å². The normalized spacial score (nSPS) is 11.2. The molecule has 0 fully saturated rings. The molecule has 0 nitrogen and oxygen atoms in total. The first kappa shape index (κ1) is 14.0. The highest BCUT2D eigenvalue weighted by molar-refractivity contribution is 5.08. The van der Waals surface area contributed by atoms with E-state index in [1.807, 2.05) is 0 Å². The molecule has 0 heteroatoms. The van der Waals surface area contributed by atoms with Crippen LogP contribution in [0.2, 0.25) is 0 Å². The van der Waals surface area contributed by atoms with Crippen LogP contribution in [0.3, 0.4) is 0 Å². The van der Waals surface area contributed by atoms with E-state index in [9.17, 15) is 0 Å². The van der Waals surface area contributed by atoms with Gasteiger partial charge >= 0.3 is 0 Å². The molecule has 0 aliphatic carbocycles. The van der Waals surface area contributed by atoms with Crippen LogP contribution in [-0.4, -0.2) is 0 Å². The van der Waals surface area contributed by atoms with Crippen molar-refractivity contribution in [2.24, 2.45) is 0 Å². The molecule has 0 heterocycles. The summed E-state index contributed by atoms with van der Waals surface area (Å²) in [5.74, 6) is 2.50. The quantitative estimate of drug-likeness (QED) is 0.285. The fraction of sp³-hybridized carbons (Fsp3) is 0.600. The van der Waals surface area contributed by atoms with Gasteiger partial charge in [0.05, 0.1) is 0 Å². The molecule has 0 rings (SSSR count). The second kappa shape index (κ2) is 13.0. The predicted molar refractivity (Wildman–Crippen MR) is 69.7 cm³/mol. The minimum atomic E-state index is 1.10. The Labute approximate surface area is 95.5 Å². The molecule has 0 unspecified atom stereocenters. The SMILES string of the molecule is C#C/C=C/CCC/C=C\CCCCCC. The largest absolute Gasteiger partial charge is 0.115 e. The minimum Gasteiger partial charge on any atom is -0.115 e. The molecule has 0 aliphatic heterocycles. The molecule has 0 saturated carbocycles. The molecule has 0 atom stereocenters. The van der Waals surface area contributed by atoms with Crippen molar-refractivity contribution in [2.75, 3.05) is 0 Å². The second-order valence-electron chi connectivity index (χ2n) is 3.82. The molecule has 0 aromatic heterocycles. The van der Waals surface area contributed by atoms with E-state index in [0.717, 1.165) is 6.42 Å². The van der Waals surface area contributed by atoms with Gasteiger partial charge in [0.1, 0.15) is 0 Å². The average molecular weight is 204 g/mol. The number of hydrogen-bond donors (Lipinski definition) is 0. The third-order valence-corrected chi connectivity index (χ3v) is 2.35. The van der Waals surface area contributed by atoms with E-state index in [0.29, 0.717) is 0 Å². The van der Waals surface area contributed by atoms with E-state index < -0.39 is 0 Å². The first-order valence-corrected chi connectivity index (χ1v) is 6.18. The molecule has 15 heavy (non-hydrogen) atoms. The second-order valence-corrected chi connectivity index (χ2v) is 3.82. The van der Waals surface area contributed by atoms with Gasteiger partial charge in [0.25, 0.3) is 0 Å². The van der Waals surface area contributed by atoms with E-state index in [2.05, 4.69) is 31.1 Å². The summed E-state index contributed by atoms with van der Waals surface area (Å²) in [7, 11) is 0. The molecule has 0 aromatic rings. The Bertz CT molecular complexity index is 203.